The number of ether oxygens (including phenoxy) is 5. The lowest BCUT2D eigenvalue weighted by Gasteiger charge is -2.49. The molecule has 0 aliphatic carbocycles. The van der Waals surface area contributed by atoms with E-state index in [9.17, 15) is 4.79 Å². The van der Waals surface area contributed by atoms with Crippen molar-refractivity contribution in [2.75, 3.05) is 7.11 Å². The molecule has 0 bridgehead atoms. The predicted molar refractivity (Wildman–Crippen MR) is 129 cm³/mol. The van der Waals surface area contributed by atoms with Gasteiger partial charge in [0.2, 0.25) is 0 Å². The normalized spacial score (nSPS) is 34.8. The summed E-state index contributed by atoms with van der Waals surface area (Å²) >= 11 is 0. The van der Waals surface area contributed by atoms with Crippen LogP contribution in [0.2, 0.25) is 18.1 Å². The highest BCUT2D eigenvalue weighted by atomic mass is 28.4. The van der Waals surface area contributed by atoms with Crippen LogP contribution in [0, 0.1) is 0 Å². The van der Waals surface area contributed by atoms with Crippen molar-refractivity contribution in [3.05, 3.63) is 12.7 Å². The fourth-order valence-corrected chi connectivity index (χ4v) is 6.07. The largest absolute Gasteiger partial charge is 0.469 e. The average molecular weight is 485 g/mol. The van der Waals surface area contributed by atoms with E-state index in [0.29, 0.717) is 0 Å². The molecule has 7 atom stereocenters. The molecule has 0 unspecified atom stereocenters. The topological polar surface area (TPSA) is 72.5 Å². The van der Waals surface area contributed by atoms with Crippen molar-refractivity contribution in [1.29, 1.82) is 0 Å². The molecule has 0 aromatic carbocycles. The SMILES string of the molecule is C=C[C@H](O[Si](C)(C)C(C)(C)C)[C@@H]1O[C@H]2CC[C@H](CC(=O)OC)O[C@@H]2[C@@H]2OC(CC)(CC)O[C@@H]21. The van der Waals surface area contributed by atoms with E-state index in [1.165, 1.54) is 7.11 Å². The maximum atomic E-state index is 11.8. The van der Waals surface area contributed by atoms with E-state index in [0.717, 1.165) is 25.7 Å². The molecule has 7 nitrogen and oxygen atoms in total. The minimum atomic E-state index is -2.08. The highest BCUT2D eigenvalue weighted by Crippen LogP contribution is 2.47. The Bertz CT molecular complexity index is 699. The Morgan fingerprint density at radius 1 is 1.12 bits per heavy atom. The van der Waals surface area contributed by atoms with Crippen molar-refractivity contribution in [1.82, 2.24) is 0 Å². The molecule has 0 radical (unpaired) electrons. The third kappa shape index (κ3) is 5.41. The summed E-state index contributed by atoms with van der Waals surface area (Å²) in [4.78, 5) is 11.8. The molecule has 0 amide bonds. The first-order valence-corrected chi connectivity index (χ1v) is 15.3. The lowest BCUT2D eigenvalue weighted by atomic mass is 9.87. The van der Waals surface area contributed by atoms with Gasteiger partial charge in [-0.1, -0.05) is 40.7 Å². The molecular formula is C25H44O7Si. The third-order valence-electron chi connectivity index (χ3n) is 7.99. The Hall–Kier alpha value is -0.773. The maximum absolute atomic E-state index is 11.8. The zero-order valence-electron chi connectivity index (χ0n) is 21.7. The van der Waals surface area contributed by atoms with Gasteiger partial charge in [-0.3, -0.25) is 4.79 Å². The first-order chi connectivity index (χ1) is 15.4. The van der Waals surface area contributed by atoms with Crippen molar-refractivity contribution < 1.29 is 32.9 Å². The smallest absolute Gasteiger partial charge is 0.308 e. The van der Waals surface area contributed by atoms with Gasteiger partial charge >= 0.3 is 5.97 Å². The summed E-state index contributed by atoms with van der Waals surface area (Å²) in [5.41, 5.74) is 0. The van der Waals surface area contributed by atoms with Crippen LogP contribution in [0.1, 0.15) is 66.7 Å². The molecule has 3 saturated heterocycles. The van der Waals surface area contributed by atoms with Crippen LogP contribution in [0.4, 0.5) is 0 Å². The van der Waals surface area contributed by atoms with E-state index in [1.807, 2.05) is 6.08 Å². The maximum Gasteiger partial charge on any atom is 0.308 e. The van der Waals surface area contributed by atoms with E-state index in [4.69, 9.17) is 28.1 Å². The van der Waals surface area contributed by atoms with E-state index < -0.39 is 14.1 Å². The van der Waals surface area contributed by atoms with Crippen LogP contribution in [0.5, 0.6) is 0 Å². The van der Waals surface area contributed by atoms with E-state index >= 15 is 0 Å². The van der Waals surface area contributed by atoms with Gasteiger partial charge in [-0.15, -0.1) is 6.58 Å². The van der Waals surface area contributed by atoms with Crippen LogP contribution in [-0.2, 0) is 32.9 Å². The second-order valence-electron chi connectivity index (χ2n) is 11.1. The van der Waals surface area contributed by atoms with Crippen LogP contribution in [0.15, 0.2) is 12.7 Å². The zero-order chi connectivity index (χ0) is 24.6. The quantitative estimate of drug-likeness (QED) is 0.280. The van der Waals surface area contributed by atoms with E-state index in [1.54, 1.807) is 0 Å². The number of carbonyl (C=O) groups excluding carboxylic acids is 1. The summed E-state index contributed by atoms with van der Waals surface area (Å²) < 4.78 is 37.9. The predicted octanol–water partition coefficient (Wildman–Crippen LogP) is 4.74. The van der Waals surface area contributed by atoms with Crippen LogP contribution in [-0.4, -0.2) is 69.9 Å². The Morgan fingerprint density at radius 2 is 1.76 bits per heavy atom. The van der Waals surface area contributed by atoms with Gasteiger partial charge in [-0.25, -0.2) is 0 Å². The molecule has 190 valence electrons. The standard InChI is InChI=1S/C25H44O7Si/c1-10-17(32-33(8,9)24(4,5)6)20-22-23(31-25(11-2,12-3)30-22)21-18(29-20)14-13-16(28-21)15-19(26)27-7/h10,16-18,20-23H,1,11-15H2,2-9H3/t16-,17+,18+,20+,21+,22-,23+/m1/s1. The molecule has 3 aliphatic rings. The lowest BCUT2D eigenvalue weighted by Crippen LogP contribution is -2.63. The van der Waals surface area contributed by atoms with Crippen molar-refractivity contribution in [2.45, 2.75) is 133 Å². The number of methoxy groups -OCH3 is 1. The lowest BCUT2D eigenvalue weighted by molar-refractivity contribution is -0.249. The number of carbonyl (C=O) groups is 1. The third-order valence-corrected chi connectivity index (χ3v) is 12.5. The van der Waals surface area contributed by atoms with Crippen molar-refractivity contribution >= 4 is 14.3 Å². The molecule has 0 N–H and O–H groups in total. The van der Waals surface area contributed by atoms with Gasteiger partial charge < -0.3 is 28.1 Å². The minimum absolute atomic E-state index is 0.0591. The summed E-state index contributed by atoms with van der Waals surface area (Å²) in [6.07, 6.45) is 3.14. The van der Waals surface area contributed by atoms with Crippen molar-refractivity contribution in [3.63, 3.8) is 0 Å². The van der Waals surface area contributed by atoms with E-state index in [2.05, 4.69) is 54.3 Å². The molecule has 0 aromatic rings. The average Bonchev–Trinajstić information content (AvgIpc) is 3.17. The van der Waals surface area contributed by atoms with Gasteiger partial charge in [0.05, 0.1) is 31.8 Å². The fourth-order valence-electron chi connectivity index (χ4n) is 4.81. The second-order valence-corrected chi connectivity index (χ2v) is 15.8. The summed E-state index contributed by atoms with van der Waals surface area (Å²) in [5, 5.41) is 0.0591. The molecule has 8 heteroatoms. The monoisotopic (exact) mass is 484 g/mol. The highest BCUT2D eigenvalue weighted by Gasteiger charge is 2.60. The highest BCUT2D eigenvalue weighted by molar-refractivity contribution is 6.74. The molecule has 3 rings (SSSR count). The molecular weight excluding hydrogens is 440 g/mol. The Balaban J connectivity index is 1.87. The molecule has 3 heterocycles. The van der Waals surface area contributed by atoms with Crippen LogP contribution < -0.4 is 0 Å². The van der Waals surface area contributed by atoms with Gasteiger partial charge in [0.25, 0.3) is 0 Å². The Morgan fingerprint density at radius 3 is 2.30 bits per heavy atom. The van der Waals surface area contributed by atoms with Crippen LogP contribution in [0.25, 0.3) is 0 Å². The zero-order valence-corrected chi connectivity index (χ0v) is 22.7. The minimum Gasteiger partial charge on any atom is -0.469 e. The van der Waals surface area contributed by atoms with Gasteiger partial charge in [0, 0.05) is 0 Å². The van der Waals surface area contributed by atoms with E-state index in [-0.39, 0.29) is 60.2 Å². The summed E-state index contributed by atoms with van der Waals surface area (Å²) in [5.74, 6) is -0.938. The summed E-state index contributed by atoms with van der Waals surface area (Å²) in [7, 11) is -0.673. The molecule has 3 fully saturated rings. The number of fused-ring (bicyclic) bond motifs is 3. The van der Waals surface area contributed by atoms with Crippen LogP contribution >= 0.6 is 0 Å². The Labute approximate surface area is 200 Å². The van der Waals surface area contributed by atoms with Gasteiger partial charge in [-0.05, 0) is 43.8 Å². The summed E-state index contributed by atoms with van der Waals surface area (Å²) in [6, 6.07) is 0. The van der Waals surface area contributed by atoms with Gasteiger partial charge in [-0.2, -0.15) is 0 Å². The van der Waals surface area contributed by atoms with Crippen LogP contribution in [0.3, 0.4) is 0 Å². The first-order valence-electron chi connectivity index (χ1n) is 12.4. The number of rotatable bonds is 8. The molecule has 0 saturated carbocycles. The fraction of sp³-hybridized carbons (Fsp3) is 0.880. The number of hydrogen-bond acceptors (Lipinski definition) is 7. The molecule has 3 aliphatic heterocycles. The molecule has 33 heavy (non-hydrogen) atoms. The first kappa shape index (κ1) is 26.8. The number of hydrogen-bond donors (Lipinski definition) is 0. The number of esters is 1. The van der Waals surface area contributed by atoms with Crippen molar-refractivity contribution in [2.24, 2.45) is 0 Å². The van der Waals surface area contributed by atoms with Gasteiger partial charge in [0.15, 0.2) is 14.1 Å². The molecule has 0 spiro atoms. The van der Waals surface area contributed by atoms with Gasteiger partial charge in [0.1, 0.15) is 24.4 Å². The Kier molecular flexibility index (Phi) is 8.19. The second kappa shape index (κ2) is 10.1. The molecule has 0 aromatic heterocycles. The summed E-state index contributed by atoms with van der Waals surface area (Å²) in [6.45, 7) is 19.4. The van der Waals surface area contributed by atoms with Crippen molar-refractivity contribution in [3.8, 4) is 0 Å².